The predicted molar refractivity (Wildman–Crippen MR) is 131 cm³/mol. The zero-order chi connectivity index (χ0) is 24.6. The number of unbranched alkanes of at least 4 members (excludes halogenated alkanes) is 1. The molecule has 0 bridgehead atoms. The first-order valence-electron chi connectivity index (χ1n) is 11.6. The van der Waals surface area contributed by atoms with Gasteiger partial charge < -0.3 is 15.0 Å². The van der Waals surface area contributed by atoms with Crippen molar-refractivity contribution < 1.29 is 22.7 Å². The van der Waals surface area contributed by atoms with Crippen molar-refractivity contribution in [2.24, 2.45) is 5.92 Å². The average molecular weight is 488 g/mol. The predicted octanol–water partition coefficient (Wildman–Crippen LogP) is 2.91. The number of carbonyl (C=O) groups is 2. The number of anilines is 1. The highest BCUT2D eigenvalue weighted by molar-refractivity contribution is 7.89. The van der Waals surface area contributed by atoms with Crippen molar-refractivity contribution in [2.75, 3.05) is 45.2 Å². The monoisotopic (exact) mass is 487 g/mol. The van der Waals surface area contributed by atoms with E-state index in [1.807, 2.05) is 18.2 Å². The number of esters is 1. The van der Waals surface area contributed by atoms with Crippen LogP contribution in [0.2, 0.25) is 0 Å². The van der Waals surface area contributed by atoms with Gasteiger partial charge in [0, 0.05) is 44.8 Å². The van der Waals surface area contributed by atoms with Gasteiger partial charge in [0.15, 0.2) is 0 Å². The minimum atomic E-state index is -3.86. The number of ether oxygens (including phenoxy) is 1. The van der Waals surface area contributed by atoms with Gasteiger partial charge in [0.1, 0.15) is 0 Å². The molecule has 1 saturated heterocycles. The van der Waals surface area contributed by atoms with Crippen molar-refractivity contribution in [3.8, 4) is 0 Å². The Balaban J connectivity index is 1.44. The zero-order valence-electron chi connectivity index (χ0n) is 19.8. The van der Waals surface area contributed by atoms with Crippen LogP contribution in [0, 0.1) is 5.92 Å². The van der Waals surface area contributed by atoms with Crippen molar-refractivity contribution in [2.45, 2.75) is 30.6 Å². The van der Waals surface area contributed by atoms with Crippen LogP contribution in [-0.2, 0) is 19.6 Å². The molecule has 2 aromatic rings. The second-order valence-corrected chi connectivity index (χ2v) is 10.3. The lowest BCUT2D eigenvalue weighted by atomic mass is 9.97. The topological polar surface area (TPSA) is 96.0 Å². The average Bonchev–Trinajstić information content (AvgIpc) is 2.88. The van der Waals surface area contributed by atoms with Crippen LogP contribution in [0.3, 0.4) is 0 Å². The van der Waals surface area contributed by atoms with Crippen LogP contribution in [-0.4, -0.2) is 64.9 Å². The first-order chi connectivity index (χ1) is 16.3. The van der Waals surface area contributed by atoms with Crippen LogP contribution in [0.5, 0.6) is 0 Å². The SMILES string of the molecule is COC(=O)c1ccccc1S(=O)(=O)N1CCC(C(=O)NCCCCN(C)c2ccccc2)CC1. The van der Waals surface area contributed by atoms with E-state index in [0.717, 1.165) is 19.4 Å². The molecule has 3 rings (SSSR count). The van der Waals surface area contributed by atoms with E-state index in [-0.39, 0.29) is 35.4 Å². The summed E-state index contributed by atoms with van der Waals surface area (Å²) in [5, 5.41) is 3.00. The van der Waals surface area contributed by atoms with Crippen LogP contribution < -0.4 is 10.2 Å². The van der Waals surface area contributed by atoms with E-state index in [4.69, 9.17) is 4.74 Å². The van der Waals surface area contributed by atoms with Crippen molar-refractivity contribution in [1.82, 2.24) is 9.62 Å². The van der Waals surface area contributed by atoms with Crippen molar-refractivity contribution >= 4 is 27.6 Å². The van der Waals surface area contributed by atoms with Crippen molar-refractivity contribution in [3.05, 3.63) is 60.2 Å². The third-order valence-corrected chi connectivity index (χ3v) is 8.11. The second-order valence-electron chi connectivity index (χ2n) is 8.42. The number of benzene rings is 2. The molecule has 8 nitrogen and oxygen atoms in total. The second kappa shape index (κ2) is 12.0. The number of rotatable bonds is 10. The molecule has 0 saturated carbocycles. The Morgan fingerprint density at radius 1 is 1.03 bits per heavy atom. The van der Waals surface area contributed by atoms with Gasteiger partial charge in [-0.2, -0.15) is 4.31 Å². The lowest BCUT2D eigenvalue weighted by Crippen LogP contribution is -2.43. The lowest BCUT2D eigenvalue weighted by Gasteiger charge is -2.31. The summed E-state index contributed by atoms with van der Waals surface area (Å²) in [6, 6.07) is 16.2. The fourth-order valence-corrected chi connectivity index (χ4v) is 5.76. The standard InChI is InChI=1S/C25H33N3O5S/c1-27(21-10-4-3-5-11-21)17-9-8-16-26-24(29)20-14-18-28(19-15-20)34(31,32)23-13-7-6-12-22(23)25(30)33-2/h3-7,10-13,20H,8-9,14-19H2,1-2H3,(H,26,29). The Bertz CT molecular complexity index is 1070. The van der Waals surface area contributed by atoms with E-state index in [0.29, 0.717) is 19.4 Å². The highest BCUT2D eigenvalue weighted by Gasteiger charge is 2.34. The van der Waals surface area contributed by atoms with Crippen LogP contribution in [0.15, 0.2) is 59.5 Å². The van der Waals surface area contributed by atoms with Gasteiger partial charge in [-0.3, -0.25) is 4.79 Å². The van der Waals surface area contributed by atoms with Crippen molar-refractivity contribution in [3.63, 3.8) is 0 Å². The highest BCUT2D eigenvalue weighted by Crippen LogP contribution is 2.26. The van der Waals surface area contributed by atoms with Gasteiger partial charge in [-0.15, -0.1) is 0 Å². The third kappa shape index (κ3) is 6.36. The molecule has 0 radical (unpaired) electrons. The number of methoxy groups -OCH3 is 1. The molecule has 0 unspecified atom stereocenters. The number of nitrogens with one attached hydrogen (secondary N) is 1. The molecule has 1 heterocycles. The highest BCUT2D eigenvalue weighted by atomic mass is 32.2. The first-order valence-corrected chi connectivity index (χ1v) is 13.0. The third-order valence-electron chi connectivity index (χ3n) is 6.15. The summed E-state index contributed by atoms with van der Waals surface area (Å²) in [5.74, 6) is -0.930. The molecule has 1 amide bonds. The number of nitrogens with zero attached hydrogens (tertiary/aromatic N) is 2. The summed E-state index contributed by atoms with van der Waals surface area (Å²) in [6.07, 6.45) is 2.73. The van der Waals surface area contributed by atoms with Crippen LogP contribution in [0.25, 0.3) is 0 Å². The van der Waals surface area contributed by atoms with E-state index in [9.17, 15) is 18.0 Å². The minimum absolute atomic E-state index is 0.0165. The summed E-state index contributed by atoms with van der Waals surface area (Å²) in [5.41, 5.74) is 1.19. The van der Waals surface area contributed by atoms with Crippen LogP contribution >= 0.6 is 0 Å². The summed E-state index contributed by atoms with van der Waals surface area (Å²) in [4.78, 5) is 26.7. The molecular weight excluding hydrogens is 454 g/mol. The Kier molecular flexibility index (Phi) is 9.06. The molecule has 1 fully saturated rings. The Labute approximate surface area is 201 Å². The summed E-state index contributed by atoms with van der Waals surface area (Å²) < 4.78 is 32.3. The van der Waals surface area contributed by atoms with Gasteiger partial charge >= 0.3 is 5.97 Å². The van der Waals surface area contributed by atoms with E-state index < -0.39 is 16.0 Å². The van der Waals surface area contributed by atoms with Crippen molar-refractivity contribution in [1.29, 1.82) is 0 Å². The largest absolute Gasteiger partial charge is 0.465 e. The van der Waals surface area contributed by atoms with Gasteiger partial charge in [-0.05, 0) is 49.9 Å². The lowest BCUT2D eigenvalue weighted by molar-refractivity contribution is -0.126. The van der Waals surface area contributed by atoms with E-state index in [1.165, 1.54) is 29.2 Å². The quantitative estimate of drug-likeness (QED) is 0.409. The number of hydrogen-bond donors (Lipinski definition) is 1. The molecule has 1 aliphatic heterocycles. The molecule has 9 heteroatoms. The number of carbonyl (C=O) groups excluding carboxylic acids is 2. The molecule has 34 heavy (non-hydrogen) atoms. The molecule has 184 valence electrons. The molecule has 0 aliphatic carbocycles. The number of sulfonamides is 1. The fraction of sp³-hybridized carbons (Fsp3) is 0.440. The van der Waals surface area contributed by atoms with Gasteiger partial charge in [0.2, 0.25) is 15.9 Å². The van der Waals surface area contributed by atoms with Gasteiger partial charge in [0.05, 0.1) is 17.6 Å². The zero-order valence-corrected chi connectivity index (χ0v) is 20.6. The molecule has 0 aromatic heterocycles. The minimum Gasteiger partial charge on any atom is -0.465 e. The smallest absolute Gasteiger partial charge is 0.339 e. The van der Waals surface area contributed by atoms with Crippen LogP contribution in [0.1, 0.15) is 36.0 Å². The summed E-state index contributed by atoms with van der Waals surface area (Å²) in [6.45, 7) is 1.98. The molecule has 0 atom stereocenters. The maximum absolute atomic E-state index is 13.1. The fourth-order valence-electron chi connectivity index (χ4n) is 4.11. The molecular formula is C25H33N3O5S. The molecule has 0 spiro atoms. The number of amides is 1. The number of hydrogen-bond acceptors (Lipinski definition) is 6. The first kappa shape index (κ1) is 25.7. The Hall–Kier alpha value is -2.91. The maximum Gasteiger partial charge on any atom is 0.339 e. The van der Waals surface area contributed by atoms with Gasteiger partial charge in [0.25, 0.3) is 0 Å². The number of para-hydroxylation sites is 1. The molecule has 1 N–H and O–H groups in total. The van der Waals surface area contributed by atoms with E-state index in [2.05, 4.69) is 29.4 Å². The molecule has 2 aromatic carbocycles. The molecule has 1 aliphatic rings. The normalized spacial score (nSPS) is 15.0. The van der Waals surface area contributed by atoms with E-state index >= 15 is 0 Å². The van der Waals surface area contributed by atoms with Gasteiger partial charge in [-0.25, -0.2) is 13.2 Å². The van der Waals surface area contributed by atoms with Crippen LogP contribution in [0.4, 0.5) is 5.69 Å². The summed E-state index contributed by atoms with van der Waals surface area (Å²) >= 11 is 0. The maximum atomic E-state index is 13.1. The van der Waals surface area contributed by atoms with Gasteiger partial charge in [-0.1, -0.05) is 30.3 Å². The van der Waals surface area contributed by atoms with E-state index in [1.54, 1.807) is 12.1 Å². The Morgan fingerprint density at radius 3 is 2.35 bits per heavy atom. The Morgan fingerprint density at radius 2 is 1.68 bits per heavy atom. The summed E-state index contributed by atoms with van der Waals surface area (Å²) in [7, 11) is -0.582. The number of piperidine rings is 1.